The van der Waals surface area contributed by atoms with Crippen LogP contribution in [0.1, 0.15) is 46.0 Å². The van der Waals surface area contributed by atoms with Crippen LogP contribution in [0.5, 0.6) is 0 Å². The quantitative estimate of drug-likeness (QED) is 0.620. The molecule has 1 spiro atoms. The van der Waals surface area contributed by atoms with Gasteiger partial charge in [-0.3, -0.25) is 9.59 Å². The Morgan fingerprint density at radius 2 is 1.88 bits per heavy atom. The molecule has 0 saturated heterocycles. The third-order valence-corrected chi connectivity index (χ3v) is 8.36. The van der Waals surface area contributed by atoms with E-state index in [1.807, 2.05) is 13.8 Å². The van der Waals surface area contributed by atoms with Crippen molar-refractivity contribution in [2.75, 3.05) is 6.61 Å². The molecule has 0 heterocycles. The molecule has 4 rings (SSSR count). The van der Waals surface area contributed by atoms with Crippen LogP contribution < -0.4 is 0 Å². The molecule has 8 atom stereocenters. The monoisotopic (exact) mass is 348 g/mol. The van der Waals surface area contributed by atoms with E-state index in [0.717, 1.165) is 19.3 Å². The van der Waals surface area contributed by atoms with Crippen molar-refractivity contribution in [1.82, 2.24) is 0 Å². The van der Waals surface area contributed by atoms with Crippen LogP contribution in [0.25, 0.3) is 0 Å². The molecule has 4 saturated carbocycles. The minimum absolute atomic E-state index is 0.000277. The first-order valence-electron chi connectivity index (χ1n) is 9.38. The molecule has 4 aliphatic carbocycles. The zero-order valence-corrected chi connectivity index (χ0v) is 15.0. The fourth-order valence-electron chi connectivity index (χ4n) is 7.22. The molecule has 0 aromatic rings. The maximum atomic E-state index is 13.1. The van der Waals surface area contributed by atoms with Gasteiger partial charge in [0, 0.05) is 24.9 Å². The van der Waals surface area contributed by atoms with Crippen molar-refractivity contribution < 1.29 is 24.9 Å². The summed E-state index contributed by atoms with van der Waals surface area (Å²) in [5.41, 5.74) is -2.02. The minimum Gasteiger partial charge on any atom is -0.396 e. The van der Waals surface area contributed by atoms with Crippen molar-refractivity contribution in [2.45, 2.75) is 58.2 Å². The summed E-state index contributed by atoms with van der Waals surface area (Å²) < 4.78 is 0. The van der Waals surface area contributed by atoms with Crippen molar-refractivity contribution in [2.24, 2.45) is 34.0 Å². The molecule has 0 aliphatic heterocycles. The number of aliphatic hydroxyl groups is 3. The molecular weight excluding hydrogens is 320 g/mol. The first-order valence-corrected chi connectivity index (χ1v) is 9.38. The molecular formula is C20H28O5. The van der Waals surface area contributed by atoms with E-state index in [0.29, 0.717) is 12.0 Å². The molecule has 5 heteroatoms. The van der Waals surface area contributed by atoms with E-state index < -0.39 is 34.9 Å². The van der Waals surface area contributed by atoms with E-state index in [1.165, 1.54) is 0 Å². The van der Waals surface area contributed by atoms with Gasteiger partial charge in [0.05, 0.1) is 17.6 Å². The van der Waals surface area contributed by atoms with Crippen molar-refractivity contribution >= 4 is 11.6 Å². The lowest BCUT2D eigenvalue weighted by Gasteiger charge is -2.64. The summed E-state index contributed by atoms with van der Waals surface area (Å²) in [4.78, 5) is 26.3. The summed E-state index contributed by atoms with van der Waals surface area (Å²) in [6, 6.07) is 0. The highest BCUT2D eigenvalue weighted by Crippen LogP contribution is 2.70. The topological polar surface area (TPSA) is 94.8 Å². The van der Waals surface area contributed by atoms with E-state index in [2.05, 4.69) is 6.58 Å². The second-order valence-electron chi connectivity index (χ2n) is 9.42. The number of hydrogen-bond acceptors (Lipinski definition) is 5. The molecule has 2 bridgehead atoms. The van der Waals surface area contributed by atoms with Crippen LogP contribution in [0.15, 0.2) is 12.2 Å². The molecule has 25 heavy (non-hydrogen) atoms. The van der Waals surface area contributed by atoms with Gasteiger partial charge in [-0.2, -0.15) is 0 Å². The van der Waals surface area contributed by atoms with Gasteiger partial charge in [0.2, 0.25) is 0 Å². The lowest BCUT2D eigenvalue weighted by atomic mass is 9.39. The van der Waals surface area contributed by atoms with Crippen LogP contribution in [-0.2, 0) is 9.59 Å². The Morgan fingerprint density at radius 1 is 1.20 bits per heavy atom. The Hall–Kier alpha value is -1.04. The van der Waals surface area contributed by atoms with Crippen LogP contribution in [0.4, 0.5) is 0 Å². The minimum atomic E-state index is -1.43. The molecule has 0 radical (unpaired) electrons. The molecule has 0 aromatic carbocycles. The predicted molar refractivity (Wildman–Crippen MR) is 90.5 cm³/mol. The number of rotatable bonds is 1. The maximum absolute atomic E-state index is 13.1. The van der Waals surface area contributed by atoms with Crippen molar-refractivity contribution in [3.63, 3.8) is 0 Å². The third kappa shape index (κ3) is 1.75. The van der Waals surface area contributed by atoms with Gasteiger partial charge in [0.15, 0.2) is 5.78 Å². The van der Waals surface area contributed by atoms with Gasteiger partial charge in [-0.1, -0.05) is 26.8 Å². The third-order valence-electron chi connectivity index (χ3n) is 8.36. The van der Waals surface area contributed by atoms with Gasteiger partial charge in [-0.05, 0) is 41.6 Å². The maximum Gasteiger partial charge on any atom is 0.170 e. The highest BCUT2D eigenvalue weighted by molar-refractivity contribution is 6.09. The van der Waals surface area contributed by atoms with Crippen LogP contribution in [0.3, 0.4) is 0 Å². The smallest absolute Gasteiger partial charge is 0.170 e. The molecule has 138 valence electrons. The van der Waals surface area contributed by atoms with E-state index in [1.54, 1.807) is 0 Å². The average Bonchev–Trinajstić information content (AvgIpc) is 2.68. The fourth-order valence-corrected chi connectivity index (χ4v) is 7.22. The van der Waals surface area contributed by atoms with Crippen molar-refractivity contribution in [3.8, 4) is 0 Å². The summed E-state index contributed by atoms with van der Waals surface area (Å²) in [5.74, 6) is -1.66. The van der Waals surface area contributed by atoms with Crippen LogP contribution in [0, 0.1) is 34.0 Å². The molecule has 4 fully saturated rings. The Morgan fingerprint density at radius 3 is 2.52 bits per heavy atom. The van der Waals surface area contributed by atoms with Gasteiger partial charge in [-0.15, -0.1) is 0 Å². The van der Waals surface area contributed by atoms with E-state index >= 15 is 0 Å². The number of carbonyl (C=O) groups excluding carboxylic acids is 2. The number of fused-ring (bicyclic) bond motifs is 3. The molecule has 3 N–H and O–H groups in total. The second kappa shape index (κ2) is 5.02. The van der Waals surface area contributed by atoms with Crippen molar-refractivity contribution in [3.05, 3.63) is 12.2 Å². The normalized spacial score (nSPS) is 55.1. The van der Waals surface area contributed by atoms with E-state index in [4.69, 9.17) is 0 Å². The first kappa shape index (κ1) is 17.4. The van der Waals surface area contributed by atoms with Gasteiger partial charge < -0.3 is 15.3 Å². The number of hydrogen-bond donors (Lipinski definition) is 3. The Kier molecular flexibility index (Phi) is 3.49. The zero-order valence-electron chi connectivity index (χ0n) is 15.0. The van der Waals surface area contributed by atoms with Crippen LogP contribution in [0.2, 0.25) is 0 Å². The average molecular weight is 348 g/mol. The van der Waals surface area contributed by atoms with Crippen LogP contribution in [-0.4, -0.2) is 45.7 Å². The van der Waals surface area contributed by atoms with Crippen molar-refractivity contribution in [1.29, 1.82) is 0 Å². The number of ketones is 2. The molecule has 8 unspecified atom stereocenters. The van der Waals surface area contributed by atoms with E-state index in [9.17, 15) is 24.9 Å². The summed E-state index contributed by atoms with van der Waals surface area (Å²) in [6.45, 7) is 7.89. The van der Waals surface area contributed by atoms with Gasteiger partial charge in [0.25, 0.3) is 0 Å². The first-order chi connectivity index (χ1) is 11.6. The summed E-state index contributed by atoms with van der Waals surface area (Å²) in [7, 11) is 0. The molecule has 0 aromatic heterocycles. The predicted octanol–water partition coefficient (Wildman–Crippen LogP) is 1.25. The summed E-state index contributed by atoms with van der Waals surface area (Å²) >= 11 is 0. The fraction of sp³-hybridized carbons (Fsp3) is 0.800. The highest BCUT2D eigenvalue weighted by atomic mass is 16.3. The van der Waals surface area contributed by atoms with E-state index in [-0.39, 0.29) is 35.9 Å². The second-order valence-corrected chi connectivity index (χ2v) is 9.42. The Balaban J connectivity index is 1.92. The van der Waals surface area contributed by atoms with Gasteiger partial charge in [-0.25, -0.2) is 0 Å². The number of Topliss-reactive ketones (excluding diaryl/α,β-unsaturated/α-hetero) is 2. The zero-order chi connectivity index (χ0) is 18.4. The summed E-state index contributed by atoms with van der Waals surface area (Å²) in [6.07, 6.45) is 0.835. The highest BCUT2D eigenvalue weighted by Gasteiger charge is 2.76. The largest absolute Gasteiger partial charge is 0.396 e. The standard InChI is InChI=1S/C20H28O5/c1-10-11-7-12(22)15-19(3)6-4-5-18(2,9-21)13(19)8-14(23)20(15,16(10)24)17(11)25/h11,13-15,17,21,23,25H,1,4-9H2,2-3H3. The Bertz CT molecular complexity index is 671. The Labute approximate surface area is 148 Å². The lowest BCUT2D eigenvalue weighted by molar-refractivity contribution is -0.225. The molecule has 4 aliphatic rings. The van der Waals surface area contributed by atoms with Crippen LogP contribution >= 0.6 is 0 Å². The summed E-state index contributed by atoms with van der Waals surface area (Å²) in [5, 5.41) is 32.1. The number of carbonyl (C=O) groups is 2. The molecule has 5 nitrogen and oxygen atoms in total. The molecule has 0 amide bonds. The lowest BCUT2D eigenvalue weighted by Crippen LogP contribution is -2.69. The van der Waals surface area contributed by atoms with Gasteiger partial charge >= 0.3 is 0 Å². The number of aliphatic hydroxyl groups excluding tert-OH is 3. The SMILES string of the molecule is C=C1C(=O)C23C(O)CC4C(C)(CO)CCCC4(C)C2C(=O)CC1C3O. The van der Waals surface area contributed by atoms with Gasteiger partial charge in [0.1, 0.15) is 5.78 Å².